The number of nitrogens with one attached hydrogen (secondary N) is 1. The van der Waals surface area contributed by atoms with Gasteiger partial charge >= 0.3 is 0 Å². The highest BCUT2D eigenvalue weighted by Gasteiger charge is 2.16. The van der Waals surface area contributed by atoms with Crippen LogP contribution >= 0.6 is 0 Å². The van der Waals surface area contributed by atoms with Crippen molar-refractivity contribution in [3.05, 3.63) is 59.2 Å². The van der Waals surface area contributed by atoms with Crippen LogP contribution in [0.25, 0.3) is 0 Å². The lowest BCUT2D eigenvalue weighted by Crippen LogP contribution is -2.27. The molecule has 4 heteroatoms. The second-order valence-electron chi connectivity index (χ2n) is 5.03. The summed E-state index contributed by atoms with van der Waals surface area (Å²) in [6.07, 6.45) is 0. The lowest BCUT2D eigenvalue weighted by atomic mass is 10.1. The molecule has 0 aromatic heterocycles. The molecule has 0 saturated heterocycles. The van der Waals surface area contributed by atoms with Gasteiger partial charge in [0.1, 0.15) is 5.75 Å². The predicted molar refractivity (Wildman–Crippen MR) is 84.5 cm³/mol. The number of rotatable bonds is 4. The minimum absolute atomic E-state index is 0.173. The zero-order chi connectivity index (χ0) is 15.4. The van der Waals surface area contributed by atoms with E-state index in [1.165, 1.54) is 0 Å². The van der Waals surface area contributed by atoms with Crippen LogP contribution in [0.2, 0.25) is 0 Å². The molecule has 3 N–H and O–H groups in total. The number of aryl methyl sites for hydroxylation is 1. The molecule has 0 unspecified atom stereocenters. The monoisotopic (exact) mass is 284 g/mol. The number of hydrogen-bond donors (Lipinski definition) is 2. The van der Waals surface area contributed by atoms with Gasteiger partial charge in [-0.3, -0.25) is 4.79 Å². The average molecular weight is 284 g/mol. The molecule has 2 aromatic rings. The Balaban J connectivity index is 2.21. The number of nitrogen functional groups attached to an aromatic ring is 1. The summed E-state index contributed by atoms with van der Waals surface area (Å²) in [5.74, 6) is 0.567. The number of methoxy groups -OCH3 is 1. The Hall–Kier alpha value is -2.49. The van der Waals surface area contributed by atoms with E-state index >= 15 is 0 Å². The van der Waals surface area contributed by atoms with E-state index in [0.29, 0.717) is 11.3 Å². The first-order valence-electron chi connectivity index (χ1n) is 6.83. The van der Waals surface area contributed by atoms with E-state index in [1.54, 1.807) is 19.2 Å². The van der Waals surface area contributed by atoms with Crippen LogP contribution in [0.4, 0.5) is 5.69 Å². The maximum absolute atomic E-state index is 12.4. The second-order valence-corrected chi connectivity index (χ2v) is 5.03. The normalized spacial score (nSPS) is 11.8. The minimum atomic E-state index is -0.186. The van der Waals surface area contributed by atoms with Crippen LogP contribution in [0, 0.1) is 6.92 Å². The highest BCUT2D eigenvalue weighted by Crippen LogP contribution is 2.25. The Morgan fingerprint density at radius 2 is 1.95 bits per heavy atom. The summed E-state index contributed by atoms with van der Waals surface area (Å²) in [7, 11) is 1.62. The number of benzene rings is 2. The zero-order valence-corrected chi connectivity index (χ0v) is 12.5. The van der Waals surface area contributed by atoms with Gasteiger partial charge in [0.25, 0.3) is 5.91 Å². The van der Waals surface area contributed by atoms with E-state index in [-0.39, 0.29) is 11.9 Å². The molecule has 0 saturated carbocycles. The van der Waals surface area contributed by atoms with Crippen molar-refractivity contribution >= 4 is 11.6 Å². The van der Waals surface area contributed by atoms with Gasteiger partial charge in [-0.15, -0.1) is 0 Å². The van der Waals surface area contributed by atoms with Gasteiger partial charge in [-0.2, -0.15) is 0 Å². The van der Waals surface area contributed by atoms with E-state index in [9.17, 15) is 4.79 Å². The van der Waals surface area contributed by atoms with Crippen molar-refractivity contribution < 1.29 is 9.53 Å². The van der Waals surface area contributed by atoms with E-state index in [2.05, 4.69) is 5.32 Å². The number of anilines is 1. The number of amides is 1. The third-order valence-corrected chi connectivity index (χ3v) is 3.41. The van der Waals surface area contributed by atoms with Gasteiger partial charge in [0.15, 0.2) is 0 Å². The quantitative estimate of drug-likeness (QED) is 0.848. The van der Waals surface area contributed by atoms with Crippen LogP contribution < -0.4 is 15.8 Å². The molecule has 1 atom stereocenters. The van der Waals surface area contributed by atoms with E-state index in [0.717, 1.165) is 16.9 Å². The number of hydrogen-bond acceptors (Lipinski definition) is 3. The molecule has 2 rings (SSSR count). The Labute approximate surface area is 124 Å². The molecule has 110 valence electrons. The Morgan fingerprint density at radius 1 is 1.24 bits per heavy atom. The standard InChI is InChI=1S/C17H20N2O2/c1-11-8-9-15(18)14(10-11)17(20)19-12(2)13-6-4-5-7-16(13)21-3/h4-10,12H,18H2,1-3H3,(H,19,20)/t12-/m0/s1. The van der Waals surface area contributed by atoms with Crippen LogP contribution in [-0.4, -0.2) is 13.0 Å². The zero-order valence-electron chi connectivity index (χ0n) is 12.5. The van der Waals surface area contributed by atoms with Crippen LogP contribution in [0.15, 0.2) is 42.5 Å². The van der Waals surface area contributed by atoms with Crippen molar-refractivity contribution in [2.75, 3.05) is 12.8 Å². The molecule has 0 aliphatic carbocycles. The van der Waals surface area contributed by atoms with Gasteiger partial charge in [0.2, 0.25) is 0 Å². The van der Waals surface area contributed by atoms with Crippen LogP contribution in [0.3, 0.4) is 0 Å². The summed E-state index contributed by atoms with van der Waals surface area (Å²) in [5, 5.41) is 2.96. The molecule has 21 heavy (non-hydrogen) atoms. The predicted octanol–water partition coefficient (Wildman–Crippen LogP) is 3.08. The molecule has 1 amide bonds. The number of para-hydroxylation sites is 1. The Bertz CT molecular complexity index is 653. The minimum Gasteiger partial charge on any atom is -0.496 e. The molecule has 0 aliphatic rings. The molecule has 0 aliphatic heterocycles. The van der Waals surface area contributed by atoms with E-state index in [1.807, 2.05) is 44.2 Å². The smallest absolute Gasteiger partial charge is 0.253 e. The molecular formula is C17H20N2O2. The number of ether oxygens (including phenoxy) is 1. The molecule has 0 heterocycles. The summed E-state index contributed by atoms with van der Waals surface area (Å²) in [4.78, 5) is 12.4. The number of carbonyl (C=O) groups excluding carboxylic acids is 1. The Kier molecular flexibility index (Phi) is 4.48. The van der Waals surface area contributed by atoms with Gasteiger partial charge in [-0.25, -0.2) is 0 Å². The van der Waals surface area contributed by atoms with Crippen molar-refractivity contribution in [1.29, 1.82) is 0 Å². The molecule has 0 fully saturated rings. The number of carbonyl (C=O) groups is 1. The molecule has 0 bridgehead atoms. The van der Waals surface area contributed by atoms with Crippen molar-refractivity contribution in [1.82, 2.24) is 5.32 Å². The first kappa shape index (κ1) is 14.9. The summed E-state index contributed by atoms with van der Waals surface area (Å²) in [6, 6.07) is 12.9. The first-order chi connectivity index (χ1) is 10.0. The lowest BCUT2D eigenvalue weighted by molar-refractivity contribution is 0.0940. The largest absolute Gasteiger partial charge is 0.496 e. The van der Waals surface area contributed by atoms with Crippen molar-refractivity contribution in [3.8, 4) is 5.75 Å². The molecular weight excluding hydrogens is 264 g/mol. The van der Waals surface area contributed by atoms with Crippen LogP contribution in [-0.2, 0) is 0 Å². The fourth-order valence-corrected chi connectivity index (χ4v) is 2.24. The highest BCUT2D eigenvalue weighted by molar-refractivity contribution is 5.99. The first-order valence-corrected chi connectivity index (χ1v) is 6.83. The number of nitrogens with two attached hydrogens (primary N) is 1. The highest BCUT2D eigenvalue weighted by atomic mass is 16.5. The molecule has 0 spiro atoms. The van der Waals surface area contributed by atoms with Crippen molar-refractivity contribution in [2.24, 2.45) is 0 Å². The molecule has 2 aromatic carbocycles. The summed E-state index contributed by atoms with van der Waals surface area (Å²) < 4.78 is 5.32. The molecule has 0 radical (unpaired) electrons. The van der Waals surface area contributed by atoms with E-state index in [4.69, 9.17) is 10.5 Å². The van der Waals surface area contributed by atoms with Crippen molar-refractivity contribution in [2.45, 2.75) is 19.9 Å². The van der Waals surface area contributed by atoms with Gasteiger partial charge < -0.3 is 15.8 Å². The average Bonchev–Trinajstić information content (AvgIpc) is 2.49. The lowest BCUT2D eigenvalue weighted by Gasteiger charge is -2.18. The van der Waals surface area contributed by atoms with E-state index < -0.39 is 0 Å². The summed E-state index contributed by atoms with van der Waals surface area (Å²) in [6.45, 7) is 3.85. The fraction of sp³-hybridized carbons (Fsp3) is 0.235. The molecule has 4 nitrogen and oxygen atoms in total. The second kappa shape index (κ2) is 6.31. The third kappa shape index (κ3) is 3.34. The SMILES string of the molecule is COc1ccccc1[C@H](C)NC(=O)c1cc(C)ccc1N. The fourth-order valence-electron chi connectivity index (χ4n) is 2.24. The van der Waals surface area contributed by atoms with Gasteiger partial charge in [0, 0.05) is 11.3 Å². The summed E-state index contributed by atoms with van der Waals surface area (Å²) in [5.41, 5.74) is 8.78. The van der Waals surface area contributed by atoms with Gasteiger partial charge in [0.05, 0.1) is 18.7 Å². The van der Waals surface area contributed by atoms with Crippen LogP contribution in [0.1, 0.15) is 34.5 Å². The maximum Gasteiger partial charge on any atom is 0.253 e. The van der Waals surface area contributed by atoms with Crippen LogP contribution in [0.5, 0.6) is 5.75 Å². The maximum atomic E-state index is 12.4. The third-order valence-electron chi connectivity index (χ3n) is 3.41. The van der Waals surface area contributed by atoms with Gasteiger partial charge in [-0.05, 0) is 32.0 Å². The topological polar surface area (TPSA) is 64.3 Å². The Morgan fingerprint density at radius 3 is 2.67 bits per heavy atom. The van der Waals surface area contributed by atoms with Gasteiger partial charge in [-0.1, -0.05) is 29.8 Å². The summed E-state index contributed by atoms with van der Waals surface area (Å²) >= 11 is 0. The van der Waals surface area contributed by atoms with Crippen molar-refractivity contribution in [3.63, 3.8) is 0 Å².